The van der Waals surface area contributed by atoms with Crippen molar-refractivity contribution in [3.63, 3.8) is 0 Å². The van der Waals surface area contributed by atoms with Gasteiger partial charge in [0.2, 0.25) is 0 Å². The third-order valence-electron chi connectivity index (χ3n) is 4.06. The van der Waals surface area contributed by atoms with Crippen LogP contribution in [0.5, 0.6) is 11.5 Å². The molecule has 0 aromatic heterocycles. The molecule has 0 aliphatic rings. The number of carbonyl (C=O) groups excluding carboxylic acids is 1. The van der Waals surface area contributed by atoms with Crippen molar-refractivity contribution < 1.29 is 14.3 Å². The van der Waals surface area contributed by atoms with E-state index in [9.17, 15) is 4.79 Å². The average molecular weight is 352 g/mol. The molecule has 26 heavy (non-hydrogen) atoms. The van der Waals surface area contributed by atoms with E-state index in [1.165, 1.54) is 37.3 Å². The van der Waals surface area contributed by atoms with Gasteiger partial charge in [0.05, 0.1) is 6.61 Å². The van der Waals surface area contributed by atoms with Gasteiger partial charge in [-0.05, 0) is 61.2 Å². The van der Waals surface area contributed by atoms with Crippen LogP contribution in [0.15, 0.2) is 54.6 Å². The first kappa shape index (κ1) is 19.8. The van der Waals surface area contributed by atoms with Crippen LogP contribution in [-0.4, -0.2) is 12.6 Å². The van der Waals surface area contributed by atoms with Gasteiger partial charge in [-0.25, -0.2) is 4.79 Å². The minimum atomic E-state index is -0.380. The molecule has 0 saturated carbocycles. The van der Waals surface area contributed by atoms with Gasteiger partial charge in [-0.15, -0.1) is 0 Å². The van der Waals surface area contributed by atoms with E-state index in [1.807, 2.05) is 55.5 Å². The highest BCUT2D eigenvalue weighted by molar-refractivity contribution is 5.88. The second kappa shape index (κ2) is 11.1. The number of esters is 1. The van der Waals surface area contributed by atoms with Crippen LogP contribution in [-0.2, 0) is 11.2 Å². The van der Waals surface area contributed by atoms with E-state index in [0.29, 0.717) is 12.4 Å². The highest BCUT2D eigenvalue weighted by atomic mass is 16.5. The molecule has 0 aliphatic carbocycles. The van der Waals surface area contributed by atoms with E-state index >= 15 is 0 Å². The number of aryl methyl sites for hydroxylation is 1. The molecule has 0 atom stereocenters. The molecule has 2 rings (SSSR count). The monoisotopic (exact) mass is 352 g/mol. The summed E-state index contributed by atoms with van der Waals surface area (Å²) >= 11 is 0. The van der Waals surface area contributed by atoms with E-state index in [1.54, 1.807) is 6.08 Å². The van der Waals surface area contributed by atoms with E-state index < -0.39 is 0 Å². The molecule has 0 fully saturated rings. The fourth-order valence-corrected chi connectivity index (χ4v) is 2.64. The number of carbonyl (C=O) groups is 1. The van der Waals surface area contributed by atoms with E-state index in [-0.39, 0.29) is 5.97 Å². The van der Waals surface area contributed by atoms with Crippen molar-refractivity contribution in [2.75, 3.05) is 6.61 Å². The largest absolute Gasteiger partial charge is 0.494 e. The lowest BCUT2D eigenvalue weighted by molar-refractivity contribution is -0.128. The van der Waals surface area contributed by atoms with Crippen molar-refractivity contribution in [3.05, 3.63) is 65.7 Å². The van der Waals surface area contributed by atoms with Crippen molar-refractivity contribution in [1.82, 2.24) is 0 Å². The van der Waals surface area contributed by atoms with Crippen LogP contribution >= 0.6 is 0 Å². The van der Waals surface area contributed by atoms with Crippen LogP contribution in [0.3, 0.4) is 0 Å². The fourth-order valence-electron chi connectivity index (χ4n) is 2.64. The van der Waals surface area contributed by atoms with Gasteiger partial charge >= 0.3 is 5.97 Å². The van der Waals surface area contributed by atoms with Gasteiger partial charge in [-0.3, -0.25) is 0 Å². The second-order valence-electron chi connectivity index (χ2n) is 6.21. The predicted molar refractivity (Wildman–Crippen MR) is 107 cm³/mol. The average Bonchev–Trinajstić information content (AvgIpc) is 2.66. The van der Waals surface area contributed by atoms with Gasteiger partial charge in [-0.2, -0.15) is 0 Å². The summed E-state index contributed by atoms with van der Waals surface area (Å²) in [5.74, 6) is 1.01. The van der Waals surface area contributed by atoms with Crippen LogP contribution in [0.2, 0.25) is 0 Å². The predicted octanol–water partition coefficient (Wildman–Crippen LogP) is 5.83. The molecule has 0 heterocycles. The summed E-state index contributed by atoms with van der Waals surface area (Å²) in [7, 11) is 0. The highest BCUT2D eigenvalue weighted by Crippen LogP contribution is 2.16. The lowest BCUT2D eigenvalue weighted by atomic mass is 10.1. The molecule has 0 spiro atoms. The number of unbranched alkanes of at least 4 members (excludes halogenated alkanes) is 3. The number of rotatable bonds is 10. The molecule has 3 heteroatoms. The summed E-state index contributed by atoms with van der Waals surface area (Å²) in [6.07, 6.45) is 9.26. The second-order valence-corrected chi connectivity index (χ2v) is 6.21. The van der Waals surface area contributed by atoms with Gasteiger partial charge in [0, 0.05) is 6.08 Å². The molecule has 0 N–H and O–H groups in total. The zero-order valence-electron chi connectivity index (χ0n) is 15.7. The Morgan fingerprint density at radius 1 is 0.885 bits per heavy atom. The van der Waals surface area contributed by atoms with Crippen LogP contribution in [0.4, 0.5) is 0 Å². The molecule has 3 nitrogen and oxygen atoms in total. The summed E-state index contributed by atoms with van der Waals surface area (Å²) in [5, 5.41) is 0. The number of hydrogen-bond acceptors (Lipinski definition) is 3. The Labute approximate surface area is 156 Å². The summed E-state index contributed by atoms with van der Waals surface area (Å²) in [5.41, 5.74) is 2.21. The van der Waals surface area contributed by atoms with E-state index in [0.717, 1.165) is 17.7 Å². The van der Waals surface area contributed by atoms with Crippen molar-refractivity contribution in [3.8, 4) is 11.5 Å². The molecule has 2 aromatic rings. The Balaban J connectivity index is 1.81. The molecule has 0 amide bonds. The van der Waals surface area contributed by atoms with Crippen LogP contribution in [0.1, 0.15) is 50.7 Å². The van der Waals surface area contributed by atoms with Crippen LogP contribution in [0.25, 0.3) is 6.08 Å². The maximum atomic E-state index is 12.0. The number of benzene rings is 2. The molecule has 0 unspecified atom stereocenters. The Morgan fingerprint density at radius 3 is 2.23 bits per heavy atom. The van der Waals surface area contributed by atoms with Gasteiger partial charge in [0.15, 0.2) is 0 Å². The molecule has 0 bridgehead atoms. The first-order valence-electron chi connectivity index (χ1n) is 9.43. The van der Waals surface area contributed by atoms with Gasteiger partial charge in [-0.1, -0.05) is 50.5 Å². The minimum absolute atomic E-state index is 0.380. The Morgan fingerprint density at radius 2 is 1.58 bits per heavy atom. The SMILES string of the molecule is CCCCCCc1ccc(OC(=O)C=Cc2ccc(OCC)cc2)cc1. The third kappa shape index (κ3) is 7.14. The first-order valence-corrected chi connectivity index (χ1v) is 9.43. The summed E-state index contributed by atoms with van der Waals surface area (Å²) in [6.45, 7) is 4.80. The zero-order chi connectivity index (χ0) is 18.6. The Hall–Kier alpha value is -2.55. The summed E-state index contributed by atoms with van der Waals surface area (Å²) in [6, 6.07) is 15.4. The molecule has 138 valence electrons. The molecule has 0 saturated heterocycles. The normalized spacial score (nSPS) is 10.8. The van der Waals surface area contributed by atoms with Gasteiger partial charge < -0.3 is 9.47 Å². The standard InChI is InChI=1S/C23H28O3/c1-3-5-6-7-8-19-11-16-22(17-12-19)26-23(24)18-13-20-9-14-21(15-10-20)25-4-2/h9-18H,3-8H2,1-2H3. The Kier molecular flexibility index (Phi) is 8.47. The zero-order valence-corrected chi connectivity index (χ0v) is 15.7. The third-order valence-corrected chi connectivity index (χ3v) is 4.06. The van der Waals surface area contributed by atoms with E-state index in [2.05, 4.69) is 6.92 Å². The van der Waals surface area contributed by atoms with Gasteiger partial charge in [0.25, 0.3) is 0 Å². The summed E-state index contributed by atoms with van der Waals surface area (Å²) in [4.78, 5) is 12.0. The molecule has 2 aromatic carbocycles. The van der Waals surface area contributed by atoms with Crippen molar-refractivity contribution in [2.24, 2.45) is 0 Å². The molecule has 0 aliphatic heterocycles. The van der Waals surface area contributed by atoms with Crippen LogP contribution in [0, 0.1) is 0 Å². The maximum absolute atomic E-state index is 12.0. The molecule has 0 radical (unpaired) electrons. The number of hydrogen-bond donors (Lipinski definition) is 0. The van der Waals surface area contributed by atoms with E-state index in [4.69, 9.17) is 9.47 Å². The highest BCUT2D eigenvalue weighted by Gasteiger charge is 2.01. The lowest BCUT2D eigenvalue weighted by Crippen LogP contribution is -2.03. The smallest absolute Gasteiger partial charge is 0.336 e. The first-order chi connectivity index (χ1) is 12.7. The van der Waals surface area contributed by atoms with Crippen molar-refractivity contribution in [2.45, 2.75) is 46.0 Å². The quantitative estimate of drug-likeness (QED) is 0.234. The van der Waals surface area contributed by atoms with Crippen molar-refractivity contribution in [1.29, 1.82) is 0 Å². The Bertz CT molecular complexity index is 684. The minimum Gasteiger partial charge on any atom is -0.494 e. The topological polar surface area (TPSA) is 35.5 Å². The van der Waals surface area contributed by atoms with Crippen molar-refractivity contribution >= 4 is 12.0 Å². The lowest BCUT2D eigenvalue weighted by Gasteiger charge is -2.04. The number of ether oxygens (including phenoxy) is 2. The van der Waals surface area contributed by atoms with Crippen LogP contribution < -0.4 is 9.47 Å². The summed E-state index contributed by atoms with van der Waals surface area (Å²) < 4.78 is 10.7. The fraction of sp³-hybridized carbons (Fsp3) is 0.348. The molecular formula is C23H28O3. The van der Waals surface area contributed by atoms with Gasteiger partial charge in [0.1, 0.15) is 11.5 Å². The molecular weight excluding hydrogens is 324 g/mol. The maximum Gasteiger partial charge on any atom is 0.336 e.